The number of benzene rings is 1. The topological polar surface area (TPSA) is 38.1 Å². The van der Waals surface area contributed by atoms with Crippen LogP contribution in [0.25, 0.3) is 11.3 Å². The molecule has 19 heavy (non-hydrogen) atoms. The highest BCUT2D eigenvalue weighted by atomic mass is 35.5. The van der Waals surface area contributed by atoms with Crippen LogP contribution in [0.4, 0.5) is 19.1 Å². The average Bonchev–Trinajstić information content (AvgIpc) is 2.90. The number of halogens is 4. The molecule has 1 aliphatic rings. The number of nitrogens with zero attached hydrogens (tertiary/aromatic N) is 1. The molecule has 0 aliphatic carbocycles. The van der Waals surface area contributed by atoms with Crippen molar-refractivity contribution >= 4 is 17.5 Å². The van der Waals surface area contributed by atoms with Gasteiger partial charge in [-0.25, -0.2) is 0 Å². The number of aromatic nitrogens is 1. The third-order valence-corrected chi connectivity index (χ3v) is 3.32. The van der Waals surface area contributed by atoms with Gasteiger partial charge in [0.15, 0.2) is 0 Å². The quantitative estimate of drug-likeness (QED) is 0.862. The van der Waals surface area contributed by atoms with Crippen LogP contribution in [0.2, 0.25) is 5.02 Å². The summed E-state index contributed by atoms with van der Waals surface area (Å²) in [5.74, 6) is 0.526. The van der Waals surface area contributed by atoms with Crippen LogP contribution in [-0.4, -0.2) is 11.7 Å². The van der Waals surface area contributed by atoms with E-state index in [1.807, 2.05) is 0 Å². The van der Waals surface area contributed by atoms with Crippen LogP contribution in [-0.2, 0) is 12.6 Å². The van der Waals surface area contributed by atoms with Crippen LogP contribution < -0.4 is 5.32 Å². The van der Waals surface area contributed by atoms with Crippen LogP contribution in [0.1, 0.15) is 11.1 Å². The van der Waals surface area contributed by atoms with Crippen molar-refractivity contribution in [1.82, 2.24) is 5.16 Å². The molecule has 2 heterocycles. The van der Waals surface area contributed by atoms with Crippen molar-refractivity contribution in [2.75, 3.05) is 11.9 Å². The minimum atomic E-state index is -4.49. The number of alkyl halides is 3. The van der Waals surface area contributed by atoms with Crippen LogP contribution in [0.5, 0.6) is 0 Å². The van der Waals surface area contributed by atoms with Crippen molar-refractivity contribution in [2.45, 2.75) is 12.6 Å². The summed E-state index contributed by atoms with van der Waals surface area (Å²) in [6, 6.07) is 3.73. The van der Waals surface area contributed by atoms with Crippen molar-refractivity contribution in [3.63, 3.8) is 0 Å². The molecular weight excluding hydrogens is 281 g/mol. The summed E-state index contributed by atoms with van der Waals surface area (Å²) in [7, 11) is 0. The third-order valence-electron chi connectivity index (χ3n) is 2.99. The first-order chi connectivity index (χ1) is 8.97. The molecule has 0 fully saturated rings. The van der Waals surface area contributed by atoms with E-state index in [1.54, 1.807) is 0 Å². The lowest BCUT2D eigenvalue weighted by atomic mass is 10.0. The Hall–Kier alpha value is -1.69. The molecule has 0 amide bonds. The third kappa shape index (κ3) is 2.06. The lowest BCUT2D eigenvalue weighted by molar-refractivity contribution is -0.137. The highest BCUT2D eigenvalue weighted by molar-refractivity contribution is 6.31. The van der Waals surface area contributed by atoms with Gasteiger partial charge >= 0.3 is 6.18 Å². The van der Waals surface area contributed by atoms with Crippen molar-refractivity contribution in [3.05, 3.63) is 34.3 Å². The first-order valence-corrected chi connectivity index (χ1v) is 5.94. The molecule has 3 rings (SSSR count). The summed E-state index contributed by atoms with van der Waals surface area (Å²) in [5.41, 5.74) is 0.720. The van der Waals surface area contributed by atoms with E-state index in [4.69, 9.17) is 16.1 Å². The lowest BCUT2D eigenvalue weighted by Gasteiger charge is -2.10. The van der Waals surface area contributed by atoms with Crippen molar-refractivity contribution < 1.29 is 17.7 Å². The van der Waals surface area contributed by atoms with E-state index in [0.717, 1.165) is 11.6 Å². The predicted octanol–water partition coefficient (Wildman–Crippen LogP) is 3.98. The molecule has 0 spiro atoms. The Balaban J connectivity index is 2.11. The molecule has 0 atom stereocenters. The van der Waals surface area contributed by atoms with Gasteiger partial charge in [0, 0.05) is 17.7 Å². The van der Waals surface area contributed by atoms with E-state index < -0.39 is 11.7 Å². The van der Waals surface area contributed by atoms with E-state index in [2.05, 4.69) is 10.5 Å². The Labute approximate surface area is 111 Å². The Morgan fingerprint density at radius 1 is 1.32 bits per heavy atom. The molecule has 1 aliphatic heterocycles. The fourth-order valence-corrected chi connectivity index (χ4v) is 2.32. The van der Waals surface area contributed by atoms with Gasteiger partial charge < -0.3 is 9.84 Å². The largest absolute Gasteiger partial charge is 0.417 e. The van der Waals surface area contributed by atoms with Crippen molar-refractivity contribution in [2.24, 2.45) is 0 Å². The normalized spacial score (nSPS) is 14.3. The molecule has 3 nitrogen and oxygen atoms in total. The van der Waals surface area contributed by atoms with Crippen LogP contribution in [0.15, 0.2) is 22.7 Å². The number of anilines is 1. The van der Waals surface area contributed by atoms with Gasteiger partial charge in [-0.1, -0.05) is 22.8 Å². The molecule has 2 aromatic rings. The number of fused-ring (bicyclic) bond motifs is 1. The zero-order valence-corrected chi connectivity index (χ0v) is 10.3. The molecule has 0 radical (unpaired) electrons. The SMILES string of the molecule is FC(F)(F)c1cc(-c2noc3c2CCN3)ccc1Cl. The first-order valence-electron chi connectivity index (χ1n) is 5.56. The summed E-state index contributed by atoms with van der Waals surface area (Å²) in [5, 5.41) is 6.46. The number of hydrogen-bond acceptors (Lipinski definition) is 3. The molecule has 7 heteroatoms. The Bertz CT molecular complexity index is 636. The maximum Gasteiger partial charge on any atom is 0.417 e. The Morgan fingerprint density at radius 2 is 2.11 bits per heavy atom. The van der Waals surface area contributed by atoms with Crippen molar-refractivity contribution in [1.29, 1.82) is 0 Å². The highest BCUT2D eigenvalue weighted by Gasteiger charge is 2.34. The summed E-state index contributed by atoms with van der Waals surface area (Å²) in [6.45, 7) is 0.698. The standard InChI is InChI=1S/C12H8ClF3N2O/c13-9-2-1-6(5-8(9)12(14,15)16)10-7-3-4-17-11(7)19-18-10/h1-2,5,17H,3-4H2. The minimum absolute atomic E-state index is 0.325. The van der Waals surface area contributed by atoms with E-state index in [9.17, 15) is 13.2 Å². The van der Waals surface area contributed by atoms with Crippen molar-refractivity contribution in [3.8, 4) is 11.3 Å². The van der Waals surface area contributed by atoms with Gasteiger partial charge in [0.05, 0.1) is 10.6 Å². The second-order valence-corrected chi connectivity index (χ2v) is 4.62. The number of rotatable bonds is 1. The molecule has 0 bridgehead atoms. The molecule has 0 unspecified atom stereocenters. The molecule has 1 aromatic heterocycles. The fraction of sp³-hybridized carbons (Fsp3) is 0.250. The predicted molar refractivity (Wildman–Crippen MR) is 64.1 cm³/mol. The van der Waals surface area contributed by atoms with Gasteiger partial charge in [-0.2, -0.15) is 13.2 Å². The second-order valence-electron chi connectivity index (χ2n) is 4.21. The molecule has 0 saturated heterocycles. The minimum Gasteiger partial charge on any atom is -0.353 e. The maximum absolute atomic E-state index is 12.8. The zero-order valence-electron chi connectivity index (χ0n) is 9.51. The van der Waals surface area contributed by atoms with Gasteiger partial charge in [0.25, 0.3) is 0 Å². The average molecular weight is 289 g/mol. The lowest BCUT2D eigenvalue weighted by Crippen LogP contribution is -2.06. The Morgan fingerprint density at radius 3 is 2.84 bits per heavy atom. The summed E-state index contributed by atoms with van der Waals surface area (Å²) < 4.78 is 43.5. The fourth-order valence-electron chi connectivity index (χ4n) is 2.10. The van der Waals surface area contributed by atoms with Crippen LogP contribution in [0.3, 0.4) is 0 Å². The second kappa shape index (κ2) is 4.16. The van der Waals surface area contributed by atoms with E-state index in [-0.39, 0.29) is 5.02 Å². The van der Waals surface area contributed by atoms with Crippen LogP contribution >= 0.6 is 11.6 Å². The highest BCUT2D eigenvalue weighted by Crippen LogP contribution is 2.39. The smallest absolute Gasteiger partial charge is 0.353 e. The van der Waals surface area contributed by atoms with Gasteiger partial charge in [0.2, 0.25) is 5.88 Å². The molecule has 0 saturated carbocycles. The molecule has 100 valence electrons. The molecule has 1 aromatic carbocycles. The van der Waals surface area contributed by atoms with Crippen LogP contribution in [0, 0.1) is 0 Å². The zero-order chi connectivity index (χ0) is 13.6. The maximum atomic E-state index is 12.8. The summed E-state index contributed by atoms with van der Waals surface area (Å²) >= 11 is 5.58. The number of nitrogens with one attached hydrogen (secondary N) is 1. The molecule has 1 N–H and O–H groups in total. The van der Waals surface area contributed by atoms with Gasteiger partial charge in [-0.3, -0.25) is 0 Å². The van der Waals surface area contributed by atoms with Gasteiger partial charge in [0.1, 0.15) is 5.69 Å². The van der Waals surface area contributed by atoms with Gasteiger partial charge in [-0.05, 0) is 18.6 Å². The Kier molecular flexibility index (Phi) is 2.70. The monoisotopic (exact) mass is 288 g/mol. The van der Waals surface area contributed by atoms with E-state index in [1.165, 1.54) is 12.1 Å². The first kappa shape index (κ1) is 12.3. The van der Waals surface area contributed by atoms with Gasteiger partial charge in [-0.15, -0.1) is 0 Å². The summed E-state index contributed by atoms with van der Waals surface area (Å²) in [4.78, 5) is 0. The molecular formula is C12H8ClF3N2O. The summed E-state index contributed by atoms with van der Waals surface area (Å²) in [6.07, 6.45) is -3.81. The van der Waals surface area contributed by atoms with E-state index >= 15 is 0 Å². The number of hydrogen-bond donors (Lipinski definition) is 1. The van der Waals surface area contributed by atoms with E-state index in [0.29, 0.717) is 30.1 Å².